The molecule has 0 fully saturated rings. The van der Waals surface area contributed by atoms with Crippen LogP contribution in [0.25, 0.3) is 10.9 Å². The van der Waals surface area contributed by atoms with Gasteiger partial charge in [0.25, 0.3) is 0 Å². The summed E-state index contributed by atoms with van der Waals surface area (Å²) in [6.07, 6.45) is 2.09. The fourth-order valence-electron chi connectivity index (χ4n) is 2.04. The van der Waals surface area contributed by atoms with Crippen LogP contribution < -0.4 is 9.47 Å². The summed E-state index contributed by atoms with van der Waals surface area (Å²) in [5.74, 6) is 2.86. The molecular formula is C14H17BrNO2. The molecular weight excluding hydrogens is 294 g/mol. The summed E-state index contributed by atoms with van der Waals surface area (Å²) in [7, 11) is 3.31. The molecule has 0 N–H and O–H groups in total. The second-order valence-electron chi connectivity index (χ2n) is 4.54. The highest BCUT2D eigenvalue weighted by molar-refractivity contribution is 9.10. The summed E-state index contributed by atoms with van der Waals surface area (Å²) in [4.78, 5) is 0. The van der Waals surface area contributed by atoms with Gasteiger partial charge in [-0.05, 0) is 27.9 Å². The topological polar surface area (TPSA) is 23.4 Å². The van der Waals surface area contributed by atoms with Gasteiger partial charge >= 0.3 is 0 Å². The maximum absolute atomic E-state index is 5.35. The first kappa shape index (κ1) is 13.3. The minimum absolute atomic E-state index is 0.751. The Morgan fingerprint density at radius 1 is 1.17 bits per heavy atom. The number of aromatic nitrogens is 1. The minimum Gasteiger partial charge on any atom is -0.493 e. The SMILES string of the molecule is COc1cc2c(Br)cn(C[C](C)C)c2cc1OC. The Labute approximate surface area is 116 Å². The average Bonchev–Trinajstić information content (AvgIpc) is 2.63. The molecule has 0 unspecified atom stereocenters. The highest BCUT2D eigenvalue weighted by Crippen LogP contribution is 2.36. The number of ether oxygens (including phenoxy) is 2. The smallest absolute Gasteiger partial charge is 0.162 e. The Morgan fingerprint density at radius 3 is 2.33 bits per heavy atom. The third kappa shape index (κ3) is 2.34. The number of halogens is 1. The van der Waals surface area contributed by atoms with Crippen molar-refractivity contribution in [1.82, 2.24) is 4.57 Å². The first-order chi connectivity index (χ1) is 8.56. The van der Waals surface area contributed by atoms with E-state index in [4.69, 9.17) is 9.47 Å². The largest absolute Gasteiger partial charge is 0.493 e. The summed E-state index contributed by atoms with van der Waals surface area (Å²) >= 11 is 3.59. The standard InChI is InChI=1S/C14H17BrNO2/c1-9(2)7-16-8-11(15)10-5-13(17-3)14(18-4)6-12(10)16/h5-6,8H,7H2,1-4H3. The van der Waals surface area contributed by atoms with E-state index in [-0.39, 0.29) is 0 Å². The second kappa shape index (κ2) is 5.22. The van der Waals surface area contributed by atoms with Gasteiger partial charge in [-0.3, -0.25) is 0 Å². The molecule has 1 aromatic carbocycles. The van der Waals surface area contributed by atoms with Gasteiger partial charge in [-0.15, -0.1) is 0 Å². The van der Waals surface area contributed by atoms with Crippen LogP contribution in [0.5, 0.6) is 11.5 Å². The van der Waals surface area contributed by atoms with E-state index in [1.54, 1.807) is 14.2 Å². The van der Waals surface area contributed by atoms with Crippen molar-refractivity contribution in [1.29, 1.82) is 0 Å². The van der Waals surface area contributed by atoms with Crippen LogP contribution in [-0.2, 0) is 6.54 Å². The Kier molecular flexibility index (Phi) is 3.85. The summed E-state index contributed by atoms with van der Waals surface area (Å²) < 4.78 is 14.0. The molecule has 3 nitrogen and oxygen atoms in total. The van der Waals surface area contributed by atoms with Crippen molar-refractivity contribution >= 4 is 26.8 Å². The predicted molar refractivity (Wildman–Crippen MR) is 77.3 cm³/mol. The van der Waals surface area contributed by atoms with Crippen molar-refractivity contribution in [3.8, 4) is 11.5 Å². The van der Waals surface area contributed by atoms with Crippen molar-refractivity contribution in [3.05, 3.63) is 28.7 Å². The number of nitrogens with zero attached hydrogens (tertiary/aromatic N) is 1. The molecule has 0 aliphatic heterocycles. The summed E-state index contributed by atoms with van der Waals surface area (Å²) in [6.45, 7) is 5.15. The van der Waals surface area contributed by atoms with Gasteiger partial charge < -0.3 is 14.0 Å². The molecule has 0 amide bonds. The lowest BCUT2D eigenvalue weighted by Crippen LogP contribution is -2.01. The van der Waals surface area contributed by atoms with Gasteiger partial charge in [-0.1, -0.05) is 13.8 Å². The van der Waals surface area contributed by atoms with Crippen LogP contribution in [0, 0.1) is 5.92 Å². The van der Waals surface area contributed by atoms with Crippen molar-refractivity contribution in [2.24, 2.45) is 0 Å². The Balaban J connectivity index is 2.62. The van der Waals surface area contributed by atoms with Crippen LogP contribution in [-0.4, -0.2) is 18.8 Å². The van der Waals surface area contributed by atoms with Gasteiger partial charge in [0, 0.05) is 28.7 Å². The van der Waals surface area contributed by atoms with E-state index in [1.807, 2.05) is 12.1 Å². The van der Waals surface area contributed by atoms with Crippen molar-refractivity contribution in [2.75, 3.05) is 14.2 Å². The van der Waals surface area contributed by atoms with E-state index in [1.165, 1.54) is 5.92 Å². The van der Waals surface area contributed by atoms with Crippen LogP contribution >= 0.6 is 15.9 Å². The fraction of sp³-hybridized carbons (Fsp3) is 0.357. The molecule has 1 aromatic heterocycles. The maximum Gasteiger partial charge on any atom is 0.162 e. The van der Waals surface area contributed by atoms with Gasteiger partial charge in [-0.25, -0.2) is 0 Å². The molecule has 2 aromatic rings. The third-order valence-corrected chi connectivity index (χ3v) is 3.46. The Bertz CT molecular complexity index is 560. The van der Waals surface area contributed by atoms with Crippen molar-refractivity contribution in [3.63, 3.8) is 0 Å². The van der Waals surface area contributed by atoms with Crippen LogP contribution in [0.3, 0.4) is 0 Å². The Morgan fingerprint density at radius 2 is 1.78 bits per heavy atom. The monoisotopic (exact) mass is 310 g/mol. The summed E-state index contributed by atoms with van der Waals surface area (Å²) in [5.41, 5.74) is 1.14. The molecule has 0 aliphatic carbocycles. The van der Waals surface area contributed by atoms with E-state index < -0.39 is 0 Å². The molecule has 0 atom stereocenters. The number of hydrogen-bond donors (Lipinski definition) is 0. The molecule has 4 heteroatoms. The minimum atomic E-state index is 0.751. The van der Waals surface area contributed by atoms with Gasteiger partial charge in [-0.2, -0.15) is 0 Å². The summed E-state index contributed by atoms with van der Waals surface area (Å²) in [6, 6.07) is 4.02. The molecule has 0 saturated carbocycles. The normalized spacial score (nSPS) is 11.2. The molecule has 0 aliphatic rings. The number of rotatable bonds is 4. The third-order valence-electron chi connectivity index (χ3n) is 2.82. The average molecular weight is 311 g/mol. The van der Waals surface area contributed by atoms with Crippen molar-refractivity contribution < 1.29 is 9.47 Å². The quantitative estimate of drug-likeness (QED) is 0.851. The first-order valence-electron chi connectivity index (χ1n) is 5.76. The van der Waals surface area contributed by atoms with Crippen LogP contribution in [0.2, 0.25) is 0 Å². The van der Waals surface area contributed by atoms with Gasteiger partial charge in [0.15, 0.2) is 11.5 Å². The Hall–Kier alpha value is -1.16. The zero-order valence-corrected chi connectivity index (χ0v) is 12.7. The van der Waals surface area contributed by atoms with E-state index in [2.05, 4.69) is 40.5 Å². The zero-order valence-electron chi connectivity index (χ0n) is 11.1. The highest BCUT2D eigenvalue weighted by Gasteiger charge is 2.13. The maximum atomic E-state index is 5.35. The molecule has 0 bridgehead atoms. The lowest BCUT2D eigenvalue weighted by molar-refractivity contribution is 0.355. The first-order valence-corrected chi connectivity index (χ1v) is 6.55. The van der Waals surface area contributed by atoms with E-state index in [9.17, 15) is 0 Å². The lowest BCUT2D eigenvalue weighted by Gasteiger charge is -2.11. The predicted octanol–water partition coefficient (Wildman–Crippen LogP) is 4.04. The second-order valence-corrected chi connectivity index (χ2v) is 5.39. The molecule has 1 radical (unpaired) electrons. The van der Waals surface area contributed by atoms with Crippen LogP contribution in [0.15, 0.2) is 22.8 Å². The molecule has 97 valence electrons. The molecule has 1 heterocycles. The molecule has 2 rings (SSSR count). The lowest BCUT2D eigenvalue weighted by atomic mass is 10.2. The fourth-order valence-corrected chi connectivity index (χ4v) is 2.61. The molecule has 0 spiro atoms. The van der Waals surface area contributed by atoms with Crippen LogP contribution in [0.1, 0.15) is 13.8 Å². The molecule has 18 heavy (non-hydrogen) atoms. The van der Waals surface area contributed by atoms with Gasteiger partial charge in [0.1, 0.15) is 0 Å². The van der Waals surface area contributed by atoms with E-state index in [0.29, 0.717) is 0 Å². The van der Waals surface area contributed by atoms with Crippen LogP contribution in [0.4, 0.5) is 0 Å². The number of fused-ring (bicyclic) bond motifs is 1. The molecule has 0 saturated heterocycles. The number of benzene rings is 1. The van der Waals surface area contributed by atoms with Gasteiger partial charge in [0.05, 0.1) is 19.7 Å². The van der Waals surface area contributed by atoms with E-state index >= 15 is 0 Å². The number of methoxy groups -OCH3 is 2. The zero-order chi connectivity index (χ0) is 13.3. The summed E-state index contributed by atoms with van der Waals surface area (Å²) in [5, 5.41) is 1.13. The number of hydrogen-bond acceptors (Lipinski definition) is 2. The van der Waals surface area contributed by atoms with E-state index in [0.717, 1.165) is 33.4 Å². The highest BCUT2D eigenvalue weighted by atomic mass is 79.9. The van der Waals surface area contributed by atoms with Crippen molar-refractivity contribution in [2.45, 2.75) is 20.4 Å². The van der Waals surface area contributed by atoms with Gasteiger partial charge in [0.2, 0.25) is 0 Å².